The van der Waals surface area contributed by atoms with Gasteiger partial charge in [-0.3, -0.25) is 4.79 Å². The topological polar surface area (TPSA) is 43.4 Å². The molecule has 0 radical (unpaired) electrons. The highest BCUT2D eigenvalue weighted by Crippen LogP contribution is 2.13. The number of carbonyl (C=O) groups excluding carboxylic acids is 2. The van der Waals surface area contributed by atoms with Crippen LogP contribution < -0.4 is 0 Å². The molecule has 0 aromatic heterocycles. The average molecular weight is 259 g/mol. The number of alkyl halides is 1. The molecule has 0 fully saturated rings. The molecule has 1 atom stereocenters. The van der Waals surface area contributed by atoms with E-state index in [1.165, 1.54) is 24.3 Å². The maximum Gasteiger partial charge on any atom is 0.349 e. The molecule has 1 aromatic rings. The van der Waals surface area contributed by atoms with Gasteiger partial charge >= 0.3 is 5.97 Å². The quantitative estimate of drug-likeness (QED) is 0.463. The number of hydrogen-bond acceptors (Lipinski definition) is 3. The molecule has 0 aliphatic carbocycles. The normalized spacial score (nSPS) is 11.9. The molecule has 0 bridgehead atoms. The van der Waals surface area contributed by atoms with E-state index < -0.39 is 17.9 Å². The molecule has 5 heteroatoms. The molecule has 0 heterocycles. The van der Waals surface area contributed by atoms with Crippen LogP contribution in [0.2, 0.25) is 5.02 Å². The molecule has 0 saturated heterocycles. The Hall–Kier alpha value is -1.42. The molecule has 0 aliphatic heterocycles. The van der Waals surface area contributed by atoms with Crippen LogP contribution in [0.25, 0.3) is 0 Å². The monoisotopic (exact) mass is 258 g/mol. The third-order valence-electron chi connectivity index (χ3n) is 2.01. The summed E-state index contributed by atoms with van der Waals surface area (Å²) in [6, 6.07) is 5.65. The van der Waals surface area contributed by atoms with E-state index >= 15 is 0 Å². The van der Waals surface area contributed by atoms with Gasteiger partial charge in [0.1, 0.15) is 0 Å². The number of ether oxygens (including phenoxy) is 1. The van der Waals surface area contributed by atoms with Crippen molar-refractivity contribution >= 4 is 23.4 Å². The van der Waals surface area contributed by atoms with Crippen LogP contribution in [0.5, 0.6) is 0 Å². The zero-order chi connectivity index (χ0) is 12.8. The second kappa shape index (κ2) is 6.35. The molecule has 0 spiro atoms. The predicted octanol–water partition coefficient (Wildman–Crippen LogP) is 2.81. The molecule has 0 N–H and O–H groups in total. The minimum atomic E-state index is -2.28. The Bertz CT molecular complexity index is 403. The standard InChI is InChI=1S/C12H12ClFO3/c1-2-7-17-12(16)10(14)11(15)8-3-5-9(13)6-4-8/h3-6,10H,2,7H2,1H3. The summed E-state index contributed by atoms with van der Waals surface area (Å²) in [5.41, 5.74) is 0.0929. The maximum absolute atomic E-state index is 13.4. The Morgan fingerprint density at radius 3 is 2.47 bits per heavy atom. The number of halogens is 2. The minimum Gasteiger partial charge on any atom is -0.463 e. The van der Waals surface area contributed by atoms with Gasteiger partial charge in [-0.1, -0.05) is 18.5 Å². The van der Waals surface area contributed by atoms with Crippen molar-refractivity contribution in [1.29, 1.82) is 0 Å². The van der Waals surface area contributed by atoms with E-state index in [2.05, 4.69) is 4.74 Å². The molecule has 1 rings (SSSR count). The molecule has 3 nitrogen and oxygen atoms in total. The smallest absolute Gasteiger partial charge is 0.349 e. The van der Waals surface area contributed by atoms with E-state index in [9.17, 15) is 14.0 Å². The number of hydrogen-bond donors (Lipinski definition) is 0. The number of Topliss-reactive ketones (excluding diaryl/α,β-unsaturated/α-hetero) is 1. The van der Waals surface area contributed by atoms with Crippen molar-refractivity contribution in [2.75, 3.05) is 6.61 Å². The van der Waals surface area contributed by atoms with Crippen LogP contribution in [0.3, 0.4) is 0 Å². The molecular weight excluding hydrogens is 247 g/mol. The Balaban J connectivity index is 2.69. The van der Waals surface area contributed by atoms with Gasteiger partial charge in [0.15, 0.2) is 0 Å². The zero-order valence-electron chi connectivity index (χ0n) is 9.28. The van der Waals surface area contributed by atoms with Gasteiger partial charge in [0.05, 0.1) is 6.61 Å². The van der Waals surface area contributed by atoms with E-state index in [4.69, 9.17) is 11.6 Å². The van der Waals surface area contributed by atoms with Crippen molar-refractivity contribution in [3.05, 3.63) is 34.9 Å². The minimum absolute atomic E-state index is 0.0929. The van der Waals surface area contributed by atoms with E-state index in [-0.39, 0.29) is 12.2 Å². The van der Waals surface area contributed by atoms with Gasteiger partial charge in [0, 0.05) is 10.6 Å². The Morgan fingerprint density at radius 2 is 1.94 bits per heavy atom. The number of esters is 1. The second-order valence-corrected chi connectivity index (χ2v) is 3.84. The van der Waals surface area contributed by atoms with Gasteiger partial charge in [-0.05, 0) is 30.7 Å². The maximum atomic E-state index is 13.4. The zero-order valence-corrected chi connectivity index (χ0v) is 10.0. The Kier molecular flexibility index (Phi) is 5.10. The summed E-state index contributed by atoms with van der Waals surface area (Å²) in [6.07, 6.45) is -1.70. The van der Waals surface area contributed by atoms with Crippen molar-refractivity contribution in [3.8, 4) is 0 Å². The van der Waals surface area contributed by atoms with E-state index in [0.717, 1.165) is 0 Å². The van der Waals surface area contributed by atoms with Crippen molar-refractivity contribution in [2.24, 2.45) is 0 Å². The van der Waals surface area contributed by atoms with Gasteiger partial charge < -0.3 is 4.74 Å². The number of carbonyl (C=O) groups is 2. The average Bonchev–Trinajstić information content (AvgIpc) is 2.35. The van der Waals surface area contributed by atoms with Gasteiger partial charge in [0.25, 0.3) is 6.17 Å². The first-order chi connectivity index (χ1) is 8.06. The van der Waals surface area contributed by atoms with Crippen molar-refractivity contribution in [2.45, 2.75) is 19.5 Å². The lowest BCUT2D eigenvalue weighted by atomic mass is 10.1. The fraction of sp³-hybridized carbons (Fsp3) is 0.333. The fourth-order valence-electron chi connectivity index (χ4n) is 1.14. The SMILES string of the molecule is CCCOC(=O)C(F)C(=O)c1ccc(Cl)cc1. The summed E-state index contributed by atoms with van der Waals surface area (Å²) in [4.78, 5) is 22.7. The number of rotatable bonds is 5. The second-order valence-electron chi connectivity index (χ2n) is 3.40. The summed E-state index contributed by atoms with van der Waals surface area (Å²) < 4.78 is 18.0. The molecule has 0 aliphatic rings. The van der Waals surface area contributed by atoms with Gasteiger partial charge in [0.2, 0.25) is 5.78 Å². The summed E-state index contributed by atoms with van der Waals surface area (Å²) in [7, 11) is 0. The van der Waals surface area contributed by atoms with Crippen LogP contribution in [-0.2, 0) is 9.53 Å². The lowest BCUT2D eigenvalue weighted by molar-refractivity contribution is -0.147. The summed E-state index contributed by atoms with van der Waals surface area (Å²) >= 11 is 5.63. The van der Waals surface area contributed by atoms with Crippen molar-refractivity contribution in [3.63, 3.8) is 0 Å². The number of ketones is 1. The van der Waals surface area contributed by atoms with E-state index in [1.807, 2.05) is 0 Å². The van der Waals surface area contributed by atoms with Crippen LogP contribution in [0, 0.1) is 0 Å². The predicted molar refractivity (Wildman–Crippen MR) is 61.9 cm³/mol. The van der Waals surface area contributed by atoms with Crippen LogP contribution in [0.1, 0.15) is 23.7 Å². The first kappa shape index (κ1) is 13.6. The van der Waals surface area contributed by atoms with Crippen LogP contribution in [0.15, 0.2) is 24.3 Å². The summed E-state index contributed by atoms with van der Waals surface area (Å²) in [5, 5.41) is 0.436. The molecule has 1 unspecified atom stereocenters. The highest BCUT2D eigenvalue weighted by Gasteiger charge is 2.28. The Labute approximate surface area is 104 Å². The third kappa shape index (κ3) is 3.82. The highest BCUT2D eigenvalue weighted by molar-refractivity contribution is 6.30. The van der Waals surface area contributed by atoms with Crippen LogP contribution in [0.4, 0.5) is 4.39 Å². The summed E-state index contributed by atoms with van der Waals surface area (Å²) in [5.74, 6) is -2.06. The lowest BCUT2D eigenvalue weighted by Gasteiger charge is -2.07. The highest BCUT2D eigenvalue weighted by atomic mass is 35.5. The molecule has 17 heavy (non-hydrogen) atoms. The first-order valence-corrected chi connectivity index (χ1v) is 5.54. The fourth-order valence-corrected chi connectivity index (χ4v) is 1.27. The van der Waals surface area contributed by atoms with E-state index in [1.54, 1.807) is 6.92 Å². The van der Waals surface area contributed by atoms with E-state index in [0.29, 0.717) is 11.4 Å². The van der Waals surface area contributed by atoms with Gasteiger partial charge in [-0.15, -0.1) is 0 Å². The summed E-state index contributed by atoms with van der Waals surface area (Å²) in [6.45, 7) is 1.88. The van der Waals surface area contributed by atoms with Gasteiger partial charge in [-0.2, -0.15) is 0 Å². The van der Waals surface area contributed by atoms with Crippen LogP contribution >= 0.6 is 11.6 Å². The third-order valence-corrected chi connectivity index (χ3v) is 2.27. The Morgan fingerprint density at radius 1 is 1.35 bits per heavy atom. The molecular formula is C12H12ClFO3. The van der Waals surface area contributed by atoms with Gasteiger partial charge in [-0.25, -0.2) is 9.18 Å². The van der Waals surface area contributed by atoms with Crippen molar-refractivity contribution in [1.82, 2.24) is 0 Å². The number of benzene rings is 1. The molecule has 92 valence electrons. The molecule has 1 aromatic carbocycles. The first-order valence-electron chi connectivity index (χ1n) is 5.16. The largest absolute Gasteiger partial charge is 0.463 e. The molecule has 0 saturated carbocycles. The van der Waals surface area contributed by atoms with Crippen LogP contribution in [-0.4, -0.2) is 24.5 Å². The molecule has 0 amide bonds. The van der Waals surface area contributed by atoms with Crippen molar-refractivity contribution < 1.29 is 18.7 Å². The lowest BCUT2D eigenvalue weighted by Crippen LogP contribution is -2.28.